The first-order valence-corrected chi connectivity index (χ1v) is 6.83. The normalized spacial score (nSPS) is 18.4. The smallest absolute Gasteiger partial charge is 0.387 e. The molecule has 0 heterocycles. The molecule has 2 nitrogen and oxygen atoms in total. The first-order valence-electron chi connectivity index (χ1n) is 6.83. The largest absolute Gasteiger partial charge is 0.435 e. The molecule has 1 saturated carbocycles. The molecule has 0 aromatic heterocycles. The molecule has 1 fully saturated rings. The molecule has 4 heteroatoms. The first kappa shape index (κ1) is 14.3. The van der Waals surface area contributed by atoms with Crippen LogP contribution >= 0.6 is 0 Å². The first-order chi connectivity index (χ1) is 9.04. The molecule has 0 spiro atoms. The fourth-order valence-corrected chi connectivity index (χ4v) is 2.26. The van der Waals surface area contributed by atoms with Gasteiger partial charge in [0.05, 0.1) is 0 Å². The second-order valence-corrected chi connectivity index (χ2v) is 5.40. The Hall–Kier alpha value is -1.16. The molecule has 1 aliphatic carbocycles. The summed E-state index contributed by atoms with van der Waals surface area (Å²) >= 11 is 0. The van der Waals surface area contributed by atoms with Crippen LogP contribution in [0.3, 0.4) is 0 Å². The molecule has 0 aliphatic heterocycles. The van der Waals surface area contributed by atoms with Gasteiger partial charge in [-0.05, 0) is 49.3 Å². The lowest BCUT2D eigenvalue weighted by Crippen LogP contribution is -2.26. The molecule has 1 atom stereocenters. The summed E-state index contributed by atoms with van der Waals surface area (Å²) in [6, 6.07) is 7.07. The topological polar surface area (TPSA) is 21.3 Å². The summed E-state index contributed by atoms with van der Waals surface area (Å²) in [6.07, 6.45) is 3.84. The van der Waals surface area contributed by atoms with Crippen molar-refractivity contribution in [1.82, 2.24) is 5.32 Å². The van der Waals surface area contributed by atoms with Crippen LogP contribution in [0.2, 0.25) is 0 Å². The highest BCUT2D eigenvalue weighted by Crippen LogP contribution is 2.48. The van der Waals surface area contributed by atoms with Crippen molar-refractivity contribution < 1.29 is 13.5 Å². The van der Waals surface area contributed by atoms with Gasteiger partial charge in [0.15, 0.2) is 0 Å². The number of rotatable bonds is 7. The minimum atomic E-state index is -2.76. The van der Waals surface area contributed by atoms with Gasteiger partial charge in [0.1, 0.15) is 5.75 Å². The Bertz CT molecular complexity index is 401. The molecule has 0 saturated heterocycles. The number of ether oxygens (including phenoxy) is 1. The lowest BCUT2D eigenvalue weighted by molar-refractivity contribution is -0.0498. The molecule has 1 aromatic rings. The summed E-state index contributed by atoms with van der Waals surface area (Å²) in [5.41, 5.74) is 1.60. The molecule has 106 valence electrons. The predicted molar refractivity (Wildman–Crippen MR) is 71.4 cm³/mol. The molecule has 1 aromatic carbocycles. The van der Waals surface area contributed by atoms with E-state index in [0.29, 0.717) is 5.41 Å². The zero-order valence-electron chi connectivity index (χ0n) is 11.5. The molecule has 19 heavy (non-hydrogen) atoms. The van der Waals surface area contributed by atoms with Crippen LogP contribution in [0.1, 0.15) is 44.7 Å². The molecular formula is C15H21F2NO. The SMILES string of the molecule is CCC1(CNC(C)c2ccc(OC(F)F)cc2)CC1. The fraction of sp³-hybridized carbons (Fsp3) is 0.600. The summed E-state index contributed by atoms with van der Waals surface area (Å²) in [5.74, 6) is 0.207. The third-order valence-electron chi connectivity index (χ3n) is 4.10. The van der Waals surface area contributed by atoms with Crippen molar-refractivity contribution in [3.8, 4) is 5.75 Å². The van der Waals surface area contributed by atoms with Gasteiger partial charge in [0.2, 0.25) is 0 Å². The standard InChI is InChI=1S/C15H21F2NO/c1-3-15(8-9-15)10-18-11(2)12-4-6-13(7-5-12)19-14(16)17/h4-7,11,14,18H,3,8-10H2,1-2H3. The van der Waals surface area contributed by atoms with Crippen LogP contribution in [-0.2, 0) is 0 Å². The van der Waals surface area contributed by atoms with Gasteiger partial charge in [-0.2, -0.15) is 8.78 Å². The summed E-state index contributed by atoms with van der Waals surface area (Å²) in [7, 11) is 0. The molecule has 1 N–H and O–H groups in total. The van der Waals surface area contributed by atoms with Gasteiger partial charge >= 0.3 is 6.61 Å². The zero-order chi connectivity index (χ0) is 13.9. The minimum absolute atomic E-state index is 0.207. The summed E-state index contributed by atoms with van der Waals surface area (Å²) in [4.78, 5) is 0. The van der Waals surface area contributed by atoms with E-state index in [1.54, 1.807) is 12.1 Å². The Morgan fingerprint density at radius 1 is 1.26 bits per heavy atom. The summed E-state index contributed by atoms with van der Waals surface area (Å²) < 4.78 is 28.4. The molecule has 0 bridgehead atoms. The third-order valence-corrected chi connectivity index (χ3v) is 4.10. The van der Waals surface area contributed by atoms with Crippen LogP contribution in [0.4, 0.5) is 8.78 Å². The van der Waals surface area contributed by atoms with Gasteiger partial charge in [-0.15, -0.1) is 0 Å². The Morgan fingerprint density at radius 2 is 1.89 bits per heavy atom. The molecular weight excluding hydrogens is 248 g/mol. The lowest BCUT2D eigenvalue weighted by atomic mass is 10.0. The van der Waals surface area contributed by atoms with Crippen LogP contribution in [-0.4, -0.2) is 13.2 Å². The van der Waals surface area contributed by atoms with E-state index in [1.165, 1.54) is 19.3 Å². The Morgan fingerprint density at radius 3 is 2.37 bits per heavy atom. The van der Waals surface area contributed by atoms with Gasteiger partial charge < -0.3 is 10.1 Å². The van der Waals surface area contributed by atoms with E-state index in [0.717, 1.165) is 12.1 Å². The average molecular weight is 269 g/mol. The van der Waals surface area contributed by atoms with Gasteiger partial charge in [-0.3, -0.25) is 0 Å². The fourth-order valence-electron chi connectivity index (χ4n) is 2.26. The Balaban J connectivity index is 1.86. The van der Waals surface area contributed by atoms with Crippen molar-refractivity contribution in [2.75, 3.05) is 6.54 Å². The van der Waals surface area contributed by atoms with Crippen molar-refractivity contribution in [3.63, 3.8) is 0 Å². The van der Waals surface area contributed by atoms with Crippen LogP contribution in [0.5, 0.6) is 5.75 Å². The minimum Gasteiger partial charge on any atom is -0.435 e. The van der Waals surface area contributed by atoms with Gasteiger partial charge in [0.25, 0.3) is 0 Å². The van der Waals surface area contributed by atoms with E-state index in [-0.39, 0.29) is 11.8 Å². The van der Waals surface area contributed by atoms with Crippen LogP contribution in [0.25, 0.3) is 0 Å². The van der Waals surface area contributed by atoms with E-state index >= 15 is 0 Å². The number of halogens is 2. The highest BCUT2D eigenvalue weighted by molar-refractivity contribution is 5.29. The van der Waals surface area contributed by atoms with Crippen molar-refractivity contribution in [3.05, 3.63) is 29.8 Å². The maximum Gasteiger partial charge on any atom is 0.387 e. The van der Waals surface area contributed by atoms with Crippen LogP contribution in [0.15, 0.2) is 24.3 Å². The van der Waals surface area contributed by atoms with Crippen molar-refractivity contribution >= 4 is 0 Å². The van der Waals surface area contributed by atoms with Crippen molar-refractivity contribution in [1.29, 1.82) is 0 Å². The molecule has 1 unspecified atom stereocenters. The third kappa shape index (κ3) is 3.90. The number of alkyl halides is 2. The predicted octanol–water partition coefficient (Wildman–Crippen LogP) is 4.13. The van der Waals surface area contributed by atoms with E-state index in [9.17, 15) is 8.78 Å². The summed E-state index contributed by atoms with van der Waals surface area (Å²) in [6.45, 7) is 2.59. The maximum atomic E-state index is 12.0. The van der Waals surface area contributed by atoms with E-state index in [2.05, 4.69) is 23.9 Å². The number of benzene rings is 1. The summed E-state index contributed by atoms with van der Waals surface area (Å²) in [5, 5.41) is 3.52. The second-order valence-electron chi connectivity index (χ2n) is 5.40. The molecule has 0 radical (unpaired) electrons. The number of hydrogen-bond donors (Lipinski definition) is 1. The lowest BCUT2D eigenvalue weighted by Gasteiger charge is -2.19. The highest BCUT2D eigenvalue weighted by atomic mass is 19.3. The Kier molecular flexibility index (Phi) is 4.40. The van der Waals surface area contributed by atoms with Gasteiger partial charge in [-0.25, -0.2) is 0 Å². The Labute approximate surface area is 113 Å². The molecule has 2 rings (SSSR count). The van der Waals surface area contributed by atoms with E-state index < -0.39 is 6.61 Å². The monoisotopic (exact) mass is 269 g/mol. The molecule has 1 aliphatic rings. The van der Waals surface area contributed by atoms with Gasteiger partial charge in [-0.1, -0.05) is 19.1 Å². The molecule has 0 amide bonds. The zero-order valence-corrected chi connectivity index (χ0v) is 11.5. The second kappa shape index (κ2) is 5.87. The number of hydrogen-bond acceptors (Lipinski definition) is 2. The number of nitrogens with one attached hydrogen (secondary N) is 1. The highest BCUT2D eigenvalue weighted by Gasteiger charge is 2.40. The quantitative estimate of drug-likeness (QED) is 0.803. The maximum absolute atomic E-state index is 12.0. The van der Waals surface area contributed by atoms with Crippen LogP contribution in [0, 0.1) is 5.41 Å². The van der Waals surface area contributed by atoms with Crippen molar-refractivity contribution in [2.45, 2.75) is 45.8 Å². The van der Waals surface area contributed by atoms with Crippen molar-refractivity contribution in [2.24, 2.45) is 5.41 Å². The van der Waals surface area contributed by atoms with Crippen LogP contribution < -0.4 is 10.1 Å². The van der Waals surface area contributed by atoms with E-state index in [1.807, 2.05) is 12.1 Å². The van der Waals surface area contributed by atoms with E-state index in [4.69, 9.17) is 0 Å². The average Bonchev–Trinajstić information content (AvgIpc) is 3.17. The van der Waals surface area contributed by atoms with Gasteiger partial charge in [0, 0.05) is 12.6 Å².